The zero-order chi connectivity index (χ0) is 10.6. The summed E-state index contributed by atoms with van der Waals surface area (Å²) in [7, 11) is 0. The minimum absolute atomic E-state index is 0.245. The van der Waals surface area contributed by atoms with Gasteiger partial charge in [-0.25, -0.2) is 0 Å². The Hall–Kier alpha value is -1.05. The van der Waals surface area contributed by atoms with Gasteiger partial charge in [0.1, 0.15) is 0 Å². The molecule has 1 aliphatic rings. The van der Waals surface area contributed by atoms with E-state index in [-0.39, 0.29) is 5.41 Å². The molecular weight excluding hydrogens is 172 g/mol. The van der Waals surface area contributed by atoms with Crippen LogP contribution in [0.25, 0.3) is 0 Å². The zero-order valence-electron chi connectivity index (χ0n) is 9.38. The zero-order valence-corrected chi connectivity index (χ0v) is 9.38. The van der Waals surface area contributed by atoms with E-state index in [2.05, 4.69) is 50.0 Å². The van der Waals surface area contributed by atoms with E-state index in [1.54, 1.807) is 0 Å². The third-order valence-electron chi connectivity index (χ3n) is 2.54. The van der Waals surface area contributed by atoms with Crippen molar-refractivity contribution in [1.82, 2.24) is 5.43 Å². The van der Waals surface area contributed by atoms with Crippen molar-refractivity contribution in [2.45, 2.75) is 33.6 Å². The number of nitrogens with zero attached hydrogens (tertiary/aromatic N) is 1. The minimum Gasteiger partial charge on any atom is -0.283 e. The third kappa shape index (κ3) is 3.36. The predicted octanol–water partition coefficient (Wildman–Crippen LogP) is 3.09. The molecule has 1 atom stereocenters. The fraction of sp³-hybridized carbons (Fsp3) is 0.583. The summed E-state index contributed by atoms with van der Waals surface area (Å²) in [4.78, 5) is 0. The molecule has 2 heteroatoms. The molecule has 1 N–H and O–H groups in total. The molecule has 0 aromatic carbocycles. The van der Waals surface area contributed by atoms with Crippen molar-refractivity contribution < 1.29 is 0 Å². The summed E-state index contributed by atoms with van der Waals surface area (Å²) in [6.07, 6.45) is 8.30. The quantitative estimate of drug-likeness (QED) is 0.586. The number of nitrogens with one attached hydrogen (secondary N) is 1. The standard InChI is InChI=1S/C12H20N2/c1-10-9-12(3,4)7-5-6-8-13-14-11(10)2/h5,7-8,10,14H,2,6,9H2,1,3-4H3/b7-5-,13-8-/t10-/m1/s1. The monoisotopic (exact) mass is 192 g/mol. The van der Waals surface area contributed by atoms with E-state index >= 15 is 0 Å². The van der Waals surface area contributed by atoms with Crippen molar-refractivity contribution in [2.75, 3.05) is 0 Å². The smallest absolute Gasteiger partial charge is 0.0292 e. The molecule has 0 aromatic rings. The number of hydrogen-bond donors (Lipinski definition) is 1. The molecular formula is C12H20N2. The maximum absolute atomic E-state index is 4.09. The minimum atomic E-state index is 0.245. The van der Waals surface area contributed by atoms with Crippen LogP contribution in [-0.4, -0.2) is 6.21 Å². The highest BCUT2D eigenvalue weighted by Crippen LogP contribution is 2.29. The highest BCUT2D eigenvalue weighted by Gasteiger charge is 2.19. The van der Waals surface area contributed by atoms with E-state index in [0.29, 0.717) is 5.92 Å². The van der Waals surface area contributed by atoms with Crippen LogP contribution in [0.3, 0.4) is 0 Å². The maximum Gasteiger partial charge on any atom is 0.0292 e. The third-order valence-corrected chi connectivity index (χ3v) is 2.54. The second-order valence-corrected chi connectivity index (χ2v) is 4.68. The number of allylic oxidation sites excluding steroid dienone is 3. The van der Waals surface area contributed by atoms with Crippen molar-refractivity contribution in [1.29, 1.82) is 0 Å². The number of hydrogen-bond acceptors (Lipinski definition) is 2. The van der Waals surface area contributed by atoms with Crippen LogP contribution in [0.5, 0.6) is 0 Å². The summed E-state index contributed by atoms with van der Waals surface area (Å²) in [5.74, 6) is 0.449. The molecule has 14 heavy (non-hydrogen) atoms. The van der Waals surface area contributed by atoms with E-state index in [4.69, 9.17) is 0 Å². The summed E-state index contributed by atoms with van der Waals surface area (Å²) in [6, 6.07) is 0. The fourth-order valence-electron chi connectivity index (χ4n) is 1.72. The SMILES string of the molecule is C=C1N/N=C\C/C=C\C(C)(C)C[C@H]1C. The summed E-state index contributed by atoms with van der Waals surface area (Å²) in [5, 5.41) is 4.09. The van der Waals surface area contributed by atoms with Gasteiger partial charge in [-0.15, -0.1) is 0 Å². The lowest BCUT2D eigenvalue weighted by Crippen LogP contribution is -2.20. The molecule has 0 saturated carbocycles. The van der Waals surface area contributed by atoms with Gasteiger partial charge < -0.3 is 0 Å². The van der Waals surface area contributed by atoms with Gasteiger partial charge in [-0.3, -0.25) is 5.43 Å². The first-order valence-corrected chi connectivity index (χ1v) is 5.15. The highest BCUT2D eigenvalue weighted by molar-refractivity contribution is 5.59. The molecule has 0 bridgehead atoms. The Bertz CT molecular complexity index is 261. The molecule has 2 nitrogen and oxygen atoms in total. The lowest BCUT2D eigenvalue weighted by Gasteiger charge is -2.26. The van der Waals surface area contributed by atoms with Crippen molar-refractivity contribution in [3.8, 4) is 0 Å². The van der Waals surface area contributed by atoms with Gasteiger partial charge in [-0.1, -0.05) is 39.5 Å². The van der Waals surface area contributed by atoms with Gasteiger partial charge in [-0.05, 0) is 17.8 Å². The van der Waals surface area contributed by atoms with Gasteiger partial charge in [0, 0.05) is 18.3 Å². The van der Waals surface area contributed by atoms with Crippen molar-refractivity contribution in [3.05, 3.63) is 24.4 Å². The van der Waals surface area contributed by atoms with Gasteiger partial charge in [0.2, 0.25) is 0 Å². The molecule has 0 unspecified atom stereocenters. The number of rotatable bonds is 0. The maximum atomic E-state index is 4.09. The van der Waals surface area contributed by atoms with Crippen LogP contribution >= 0.6 is 0 Å². The topological polar surface area (TPSA) is 24.4 Å². The van der Waals surface area contributed by atoms with Gasteiger partial charge >= 0.3 is 0 Å². The largest absolute Gasteiger partial charge is 0.283 e. The normalized spacial score (nSPS) is 31.6. The van der Waals surface area contributed by atoms with Crippen LogP contribution in [0.1, 0.15) is 33.6 Å². The Balaban J connectivity index is 2.77. The Labute approximate surface area is 86.8 Å². The van der Waals surface area contributed by atoms with Crippen LogP contribution in [-0.2, 0) is 0 Å². The first-order chi connectivity index (χ1) is 6.51. The summed E-state index contributed by atoms with van der Waals surface area (Å²) in [5.41, 5.74) is 4.23. The van der Waals surface area contributed by atoms with E-state index < -0.39 is 0 Å². The first-order valence-electron chi connectivity index (χ1n) is 5.15. The molecule has 0 amide bonds. The summed E-state index contributed by atoms with van der Waals surface area (Å²) >= 11 is 0. The summed E-state index contributed by atoms with van der Waals surface area (Å²) in [6.45, 7) is 10.7. The van der Waals surface area contributed by atoms with Gasteiger partial charge in [-0.2, -0.15) is 5.10 Å². The molecule has 0 aliphatic carbocycles. The van der Waals surface area contributed by atoms with Gasteiger partial charge in [0.25, 0.3) is 0 Å². The van der Waals surface area contributed by atoms with Crippen molar-refractivity contribution in [2.24, 2.45) is 16.4 Å². The molecule has 0 aromatic heterocycles. The van der Waals surface area contributed by atoms with Crippen LogP contribution in [0.4, 0.5) is 0 Å². The van der Waals surface area contributed by atoms with Crippen molar-refractivity contribution in [3.63, 3.8) is 0 Å². The first kappa shape index (κ1) is 11.0. The molecule has 0 fully saturated rings. The Kier molecular flexibility index (Phi) is 3.50. The molecule has 0 spiro atoms. The average molecular weight is 192 g/mol. The lowest BCUT2D eigenvalue weighted by atomic mass is 9.82. The van der Waals surface area contributed by atoms with Crippen LogP contribution < -0.4 is 5.43 Å². The Morgan fingerprint density at radius 3 is 3.00 bits per heavy atom. The average Bonchev–Trinajstić information content (AvgIpc) is 2.08. The van der Waals surface area contributed by atoms with E-state index in [9.17, 15) is 0 Å². The highest BCUT2D eigenvalue weighted by atomic mass is 15.3. The second kappa shape index (κ2) is 4.45. The van der Waals surface area contributed by atoms with Gasteiger partial charge in [0.05, 0.1) is 0 Å². The van der Waals surface area contributed by atoms with E-state index in [0.717, 1.165) is 18.5 Å². The summed E-state index contributed by atoms with van der Waals surface area (Å²) < 4.78 is 0. The molecule has 1 aliphatic heterocycles. The van der Waals surface area contributed by atoms with Crippen LogP contribution in [0.15, 0.2) is 29.5 Å². The number of hydrazone groups is 1. The van der Waals surface area contributed by atoms with Crippen LogP contribution in [0.2, 0.25) is 0 Å². The fourth-order valence-corrected chi connectivity index (χ4v) is 1.72. The molecule has 1 rings (SSSR count). The molecule has 0 saturated heterocycles. The van der Waals surface area contributed by atoms with Crippen molar-refractivity contribution >= 4 is 6.21 Å². The Morgan fingerprint density at radius 1 is 1.57 bits per heavy atom. The van der Waals surface area contributed by atoms with Crippen LogP contribution in [0, 0.1) is 11.3 Å². The second-order valence-electron chi connectivity index (χ2n) is 4.68. The molecule has 0 radical (unpaired) electrons. The predicted molar refractivity (Wildman–Crippen MR) is 62.1 cm³/mol. The lowest BCUT2D eigenvalue weighted by molar-refractivity contribution is 0.368. The molecule has 78 valence electrons. The Morgan fingerprint density at radius 2 is 2.29 bits per heavy atom. The molecule has 1 heterocycles. The van der Waals surface area contributed by atoms with Gasteiger partial charge in [0.15, 0.2) is 0 Å². The van der Waals surface area contributed by atoms with E-state index in [1.807, 2.05) is 6.21 Å². The van der Waals surface area contributed by atoms with E-state index in [1.165, 1.54) is 0 Å².